The van der Waals surface area contributed by atoms with Gasteiger partial charge in [-0.25, -0.2) is 4.79 Å². The lowest BCUT2D eigenvalue weighted by Gasteiger charge is -2.30. The number of ether oxygens (including phenoxy) is 1. The van der Waals surface area contributed by atoms with Gasteiger partial charge in [-0.1, -0.05) is 34.8 Å². The second-order valence-electron chi connectivity index (χ2n) is 5.34. The molecule has 28 heavy (non-hydrogen) atoms. The van der Waals surface area contributed by atoms with Crippen molar-refractivity contribution >= 4 is 69.5 Å². The molecular weight excluding hydrogens is 453 g/mol. The number of carbonyl (C=O) groups is 1. The van der Waals surface area contributed by atoms with Crippen molar-refractivity contribution < 1.29 is 14.5 Å². The summed E-state index contributed by atoms with van der Waals surface area (Å²) in [5.41, 5.74) is -0.164. The number of carbonyl (C=O) groups excluding carboxylic acids is 1. The highest BCUT2D eigenvalue weighted by Gasteiger charge is 2.35. The summed E-state index contributed by atoms with van der Waals surface area (Å²) in [6, 6.07) is 3.71. The molecule has 0 saturated carbocycles. The number of hydrogen-bond acceptors (Lipinski definition) is 5. The molecule has 0 aliphatic heterocycles. The molecule has 0 spiro atoms. The molecule has 0 saturated heterocycles. The lowest BCUT2D eigenvalue weighted by Crippen LogP contribution is -2.58. The van der Waals surface area contributed by atoms with E-state index in [1.807, 2.05) is 0 Å². The number of rotatable bonds is 7. The summed E-state index contributed by atoms with van der Waals surface area (Å²) >= 11 is 22.9. The lowest BCUT2D eigenvalue weighted by molar-refractivity contribution is -0.384. The fraction of sp³-hybridized carbons (Fsp3) is 0.467. The molecular formula is C15H20Cl3N5O4S. The number of urea groups is 1. The number of nitro benzene ring substituents is 1. The molecule has 1 atom stereocenters. The van der Waals surface area contributed by atoms with E-state index >= 15 is 0 Å². The second kappa shape index (κ2) is 10.7. The van der Waals surface area contributed by atoms with E-state index in [9.17, 15) is 14.9 Å². The van der Waals surface area contributed by atoms with E-state index in [0.29, 0.717) is 18.8 Å². The molecule has 0 aromatic heterocycles. The van der Waals surface area contributed by atoms with Crippen LogP contribution in [0.15, 0.2) is 18.2 Å². The lowest BCUT2D eigenvalue weighted by atomic mass is 10.2. The number of anilines is 1. The van der Waals surface area contributed by atoms with Crippen LogP contribution in [0.25, 0.3) is 0 Å². The van der Waals surface area contributed by atoms with Crippen LogP contribution < -0.4 is 20.7 Å². The van der Waals surface area contributed by atoms with Crippen LogP contribution in [0, 0.1) is 10.1 Å². The number of amides is 2. The van der Waals surface area contributed by atoms with Gasteiger partial charge in [-0.2, -0.15) is 0 Å². The molecule has 0 fully saturated rings. The van der Waals surface area contributed by atoms with Crippen LogP contribution in [0.3, 0.4) is 0 Å². The maximum Gasteiger partial charge on any atom is 0.319 e. The topological polar surface area (TPSA) is 109 Å². The molecule has 0 heterocycles. The Morgan fingerprint density at radius 3 is 2.39 bits per heavy atom. The maximum atomic E-state index is 12.2. The third kappa shape index (κ3) is 7.01. The molecule has 0 aliphatic rings. The minimum atomic E-state index is -1.94. The summed E-state index contributed by atoms with van der Waals surface area (Å²) in [6.07, 6.45) is -1.19. The highest BCUT2D eigenvalue weighted by molar-refractivity contribution is 7.80. The number of halogens is 3. The molecule has 0 bridgehead atoms. The number of methoxy groups -OCH3 is 1. The van der Waals surface area contributed by atoms with Gasteiger partial charge in [0.15, 0.2) is 11.3 Å². The average molecular weight is 473 g/mol. The first kappa shape index (κ1) is 24.3. The Balaban J connectivity index is 2.95. The van der Waals surface area contributed by atoms with Gasteiger partial charge in [0, 0.05) is 13.1 Å². The van der Waals surface area contributed by atoms with Crippen LogP contribution in [-0.2, 0) is 0 Å². The van der Waals surface area contributed by atoms with Gasteiger partial charge >= 0.3 is 6.03 Å². The highest BCUT2D eigenvalue weighted by atomic mass is 35.6. The zero-order chi connectivity index (χ0) is 21.5. The van der Waals surface area contributed by atoms with Gasteiger partial charge in [-0.05, 0) is 38.2 Å². The first-order chi connectivity index (χ1) is 13.0. The number of nitrogens with zero attached hydrogens (tertiary/aromatic N) is 2. The molecule has 0 radical (unpaired) electrons. The van der Waals surface area contributed by atoms with Crippen molar-refractivity contribution in [2.24, 2.45) is 0 Å². The van der Waals surface area contributed by atoms with E-state index in [1.54, 1.807) is 13.8 Å². The zero-order valence-electron chi connectivity index (χ0n) is 15.3. The Morgan fingerprint density at radius 2 is 1.93 bits per heavy atom. The smallest absolute Gasteiger partial charge is 0.319 e. The molecule has 2 amide bonds. The van der Waals surface area contributed by atoms with Crippen LogP contribution in [0.1, 0.15) is 13.8 Å². The van der Waals surface area contributed by atoms with Gasteiger partial charge < -0.3 is 25.6 Å². The Labute approximate surface area is 182 Å². The van der Waals surface area contributed by atoms with Crippen molar-refractivity contribution in [1.82, 2.24) is 15.5 Å². The number of nitrogens with one attached hydrogen (secondary N) is 3. The van der Waals surface area contributed by atoms with E-state index in [2.05, 4.69) is 16.0 Å². The van der Waals surface area contributed by atoms with Gasteiger partial charge in [0.25, 0.3) is 5.69 Å². The summed E-state index contributed by atoms with van der Waals surface area (Å²) in [6.45, 7) is 4.51. The minimum Gasteiger partial charge on any atom is -0.496 e. The van der Waals surface area contributed by atoms with Crippen LogP contribution in [-0.4, -0.2) is 51.1 Å². The Hall–Kier alpha value is -1.75. The summed E-state index contributed by atoms with van der Waals surface area (Å²) in [4.78, 5) is 24.4. The van der Waals surface area contributed by atoms with E-state index < -0.39 is 20.9 Å². The summed E-state index contributed by atoms with van der Waals surface area (Å²) in [7, 11) is 1.39. The van der Waals surface area contributed by atoms with Gasteiger partial charge in [0.05, 0.1) is 18.1 Å². The summed E-state index contributed by atoms with van der Waals surface area (Å²) in [5.74, 6) is 0.307. The molecule has 1 aromatic rings. The largest absolute Gasteiger partial charge is 0.496 e. The Kier molecular flexibility index (Phi) is 9.28. The van der Waals surface area contributed by atoms with Crippen molar-refractivity contribution in [2.75, 3.05) is 25.5 Å². The number of hydrogen-bond donors (Lipinski definition) is 3. The third-order valence-electron chi connectivity index (χ3n) is 3.57. The Bertz CT molecular complexity index is 728. The van der Waals surface area contributed by atoms with Crippen LogP contribution in [0.4, 0.5) is 16.2 Å². The number of thiocarbonyl (C=S) groups is 1. The second-order valence-corrected chi connectivity index (χ2v) is 8.11. The normalized spacial score (nSPS) is 11.9. The Morgan fingerprint density at radius 1 is 1.32 bits per heavy atom. The first-order valence-corrected chi connectivity index (χ1v) is 9.59. The minimum absolute atomic E-state index is 0.0931. The van der Waals surface area contributed by atoms with Gasteiger partial charge in [0.1, 0.15) is 11.4 Å². The molecule has 9 nitrogen and oxygen atoms in total. The van der Waals surface area contributed by atoms with E-state index in [-0.39, 0.29) is 16.5 Å². The molecule has 156 valence electrons. The quantitative estimate of drug-likeness (QED) is 0.183. The van der Waals surface area contributed by atoms with Gasteiger partial charge in [-0.15, -0.1) is 0 Å². The summed E-state index contributed by atoms with van der Waals surface area (Å²) < 4.78 is 3.03. The standard InChI is InChI=1S/C15H20Cl3N5O4S/c1-4-22(5-2)14(24)21-12(15(16,17)18)20-13(28)19-10-7-6-9(27-3)8-11(10)23(25)26/h6-8,12H,4-5H2,1-3H3,(H,21,24)(H2,19,20,28). The van der Waals surface area contributed by atoms with E-state index in [4.69, 9.17) is 51.8 Å². The first-order valence-electron chi connectivity index (χ1n) is 8.05. The van der Waals surface area contributed by atoms with Crippen molar-refractivity contribution in [3.63, 3.8) is 0 Å². The van der Waals surface area contributed by atoms with Crippen molar-refractivity contribution in [2.45, 2.75) is 23.8 Å². The molecule has 1 aromatic carbocycles. The fourth-order valence-electron chi connectivity index (χ4n) is 2.11. The summed E-state index contributed by atoms with van der Waals surface area (Å²) in [5, 5.41) is 19.0. The highest BCUT2D eigenvalue weighted by Crippen LogP contribution is 2.31. The predicted octanol–water partition coefficient (Wildman–Crippen LogP) is 3.64. The molecule has 13 heteroatoms. The van der Waals surface area contributed by atoms with Crippen LogP contribution in [0.5, 0.6) is 5.75 Å². The molecule has 1 unspecified atom stereocenters. The van der Waals surface area contributed by atoms with Crippen LogP contribution >= 0.6 is 47.0 Å². The SMILES string of the molecule is CCN(CC)C(=O)NC(NC(=S)Nc1ccc(OC)cc1[N+](=O)[O-])C(Cl)(Cl)Cl. The zero-order valence-corrected chi connectivity index (χ0v) is 18.4. The number of benzene rings is 1. The third-order valence-corrected chi connectivity index (χ3v) is 4.45. The van der Waals surface area contributed by atoms with Crippen molar-refractivity contribution in [1.29, 1.82) is 0 Å². The molecule has 1 rings (SSSR count). The molecule has 3 N–H and O–H groups in total. The molecule has 0 aliphatic carbocycles. The predicted molar refractivity (Wildman–Crippen MR) is 115 cm³/mol. The maximum absolute atomic E-state index is 12.2. The fourth-order valence-corrected chi connectivity index (χ4v) is 2.67. The average Bonchev–Trinajstić information content (AvgIpc) is 2.61. The van der Waals surface area contributed by atoms with E-state index in [1.165, 1.54) is 30.2 Å². The van der Waals surface area contributed by atoms with Gasteiger partial charge in [0.2, 0.25) is 3.79 Å². The van der Waals surface area contributed by atoms with Crippen LogP contribution in [0.2, 0.25) is 0 Å². The van der Waals surface area contributed by atoms with E-state index in [0.717, 1.165) is 0 Å². The van der Waals surface area contributed by atoms with Crippen molar-refractivity contribution in [3.05, 3.63) is 28.3 Å². The van der Waals surface area contributed by atoms with Crippen molar-refractivity contribution in [3.8, 4) is 5.75 Å². The monoisotopic (exact) mass is 471 g/mol. The number of alkyl halides is 3. The van der Waals surface area contributed by atoms with Gasteiger partial charge in [-0.3, -0.25) is 10.1 Å². The number of nitro groups is 1.